The summed E-state index contributed by atoms with van der Waals surface area (Å²) in [5.41, 5.74) is 3.35. The van der Waals surface area contributed by atoms with Crippen LogP contribution in [0.25, 0.3) is 0 Å². The Morgan fingerprint density at radius 1 is 1.33 bits per heavy atom. The second kappa shape index (κ2) is 7.29. The molecule has 0 saturated carbocycles. The van der Waals surface area contributed by atoms with Gasteiger partial charge in [0.15, 0.2) is 0 Å². The molecule has 98 valence electrons. The van der Waals surface area contributed by atoms with Gasteiger partial charge in [-0.25, -0.2) is 5.84 Å². The van der Waals surface area contributed by atoms with Gasteiger partial charge >= 0.3 is 0 Å². The molecule has 0 atom stereocenters. The molecule has 1 aromatic carbocycles. The van der Waals surface area contributed by atoms with Gasteiger partial charge in [-0.1, -0.05) is 18.2 Å². The summed E-state index contributed by atoms with van der Waals surface area (Å²) in [4.78, 5) is 17.1. The maximum Gasteiger partial charge on any atom is 0.223 e. The van der Waals surface area contributed by atoms with Gasteiger partial charge in [0.05, 0.1) is 6.54 Å². The molecule has 0 heterocycles. The number of hydrogen-bond acceptors (Lipinski definition) is 3. The number of carbonyl (C=O) groups excluding carboxylic acids is 1. The summed E-state index contributed by atoms with van der Waals surface area (Å²) >= 11 is 0. The van der Waals surface area contributed by atoms with Crippen molar-refractivity contribution in [2.24, 2.45) is 10.8 Å². The Morgan fingerprint density at radius 3 is 2.56 bits per heavy atom. The first-order chi connectivity index (χ1) is 8.63. The van der Waals surface area contributed by atoms with Crippen LogP contribution < -0.4 is 16.6 Å². The lowest BCUT2D eigenvalue weighted by Crippen LogP contribution is -2.36. The molecule has 0 bridgehead atoms. The van der Waals surface area contributed by atoms with Crippen LogP contribution in [0, 0.1) is 0 Å². The van der Waals surface area contributed by atoms with Crippen LogP contribution >= 0.6 is 0 Å². The third-order valence-corrected chi connectivity index (χ3v) is 2.27. The molecule has 0 unspecified atom stereocenters. The van der Waals surface area contributed by atoms with Crippen molar-refractivity contribution in [2.45, 2.75) is 6.42 Å². The summed E-state index contributed by atoms with van der Waals surface area (Å²) in [6.07, 6.45) is 0.356. The first-order valence-electron chi connectivity index (χ1n) is 5.66. The smallest absolute Gasteiger partial charge is 0.223 e. The third kappa shape index (κ3) is 4.84. The van der Waals surface area contributed by atoms with Crippen molar-refractivity contribution in [1.29, 1.82) is 0 Å². The van der Waals surface area contributed by atoms with E-state index in [2.05, 4.69) is 15.7 Å². The van der Waals surface area contributed by atoms with E-state index in [4.69, 9.17) is 5.84 Å². The van der Waals surface area contributed by atoms with Gasteiger partial charge < -0.3 is 10.2 Å². The molecule has 0 saturated heterocycles. The number of nitrogens with zero attached hydrogens (tertiary/aromatic N) is 2. The van der Waals surface area contributed by atoms with Gasteiger partial charge in [0.25, 0.3) is 0 Å². The van der Waals surface area contributed by atoms with Crippen molar-refractivity contribution in [3.05, 3.63) is 30.3 Å². The number of guanidine groups is 1. The van der Waals surface area contributed by atoms with Gasteiger partial charge in [0, 0.05) is 26.2 Å². The van der Waals surface area contributed by atoms with Crippen LogP contribution in [0.2, 0.25) is 0 Å². The van der Waals surface area contributed by atoms with E-state index in [1.54, 1.807) is 14.1 Å². The minimum atomic E-state index is 0.0369. The number of anilines is 1. The molecular formula is C12H19N5O. The highest BCUT2D eigenvalue weighted by Gasteiger charge is 2.03. The Labute approximate surface area is 107 Å². The zero-order valence-corrected chi connectivity index (χ0v) is 10.7. The van der Waals surface area contributed by atoms with Crippen molar-refractivity contribution in [3.8, 4) is 0 Å². The Bertz CT molecular complexity index is 402. The lowest BCUT2D eigenvalue weighted by atomic mass is 10.3. The molecule has 0 radical (unpaired) electrons. The number of nitrogens with two attached hydrogens (primary N) is 1. The van der Waals surface area contributed by atoms with Crippen molar-refractivity contribution in [2.75, 3.05) is 26.0 Å². The summed E-state index contributed by atoms with van der Waals surface area (Å²) in [6.45, 7) is 0.385. The molecule has 4 N–H and O–H groups in total. The lowest BCUT2D eigenvalue weighted by molar-refractivity contribution is -0.128. The third-order valence-electron chi connectivity index (χ3n) is 2.27. The maximum absolute atomic E-state index is 11.4. The van der Waals surface area contributed by atoms with Crippen molar-refractivity contribution < 1.29 is 4.79 Å². The number of benzene rings is 1. The van der Waals surface area contributed by atoms with E-state index in [9.17, 15) is 4.79 Å². The summed E-state index contributed by atoms with van der Waals surface area (Å²) in [7, 11) is 3.44. The van der Waals surface area contributed by atoms with E-state index in [0.29, 0.717) is 18.9 Å². The first-order valence-corrected chi connectivity index (χ1v) is 5.66. The zero-order valence-electron chi connectivity index (χ0n) is 10.7. The Kier molecular flexibility index (Phi) is 5.66. The average Bonchev–Trinajstić information content (AvgIpc) is 2.38. The zero-order chi connectivity index (χ0) is 13.4. The van der Waals surface area contributed by atoms with Gasteiger partial charge in [0.2, 0.25) is 11.9 Å². The molecule has 0 spiro atoms. The molecule has 1 aromatic rings. The molecule has 0 fully saturated rings. The quantitative estimate of drug-likeness (QED) is 0.312. The molecule has 1 amide bonds. The molecule has 0 aliphatic rings. The van der Waals surface area contributed by atoms with Crippen LogP contribution in [0.15, 0.2) is 35.3 Å². The lowest BCUT2D eigenvalue weighted by Gasteiger charge is -2.10. The van der Waals surface area contributed by atoms with Gasteiger partial charge in [0.1, 0.15) is 0 Å². The van der Waals surface area contributed by atoms with E-state index < -0.39 is 0 Å². The number of hydrogen-bond donors (Lipinski definition) is 3. The number of hydrazine groups is 1. The van der Waals surface area contributed by atoms with Crippen molar-refractivity contribution >= 4 is 17.6 Å². The number of rotatable bonds is 4. The van der Waals surface area contributed by atoms with E-state index in [1.165, 1.54) is 4.90 Å². The second-order valence-corrected chi connectivity index (χ2v) is 3.90. The fraction of sp³-hybridized carbons (Fsp3) is 0.333. The van der Waals surface area contributed by atoms with E-state index in [1.807, 2.05) is 30.3 Å². The largest absolute Gasteiger partial charge is 0.349 e. The minimum Gasteiger partial charge on any atom is -0.349 e. The van der Waals surface area contributed by atoms with E-state index >= 15 is 0 Å². The summed E-state index contributed by atoms with van der Waals surface area (Å²) in [5.74, 6) is 5.83. The average molecular weight is 249 g/mol. The maximum atomic E-state index is 11.4. The Balaban J connectivity index is 2.48. The number of para-hydroxylation sites is 1. The molecule has 18 heavy (non-hydrogen) atoms. The Morgan fingerprint density at radius 2 is 2.00 bits per heavy atom. The van der Waals surface area contributed by atoms with Crippen LogP contribution in [-0.2, 0) is 4.79 Å². The minimum absolute atomic E-state index is 0.0369. The normalized spacial score (nSPS) is 10.9. The Hall–Kier alpha value is -2.08. The van der Waals surface area contributed by atoms with Crippen molar-refractivity contribution in [3.63, 3.8) is 0 Å². The number of carbonyl (C=O) groups is 1. The highest BCUT2D eigenvalue weighted by Crippen LogP contribution is 2.04. The fourth-order valence-corrected chi connectivity index (χ4v) is 1.27. The molecule has 6 nitrogen and oxygen atoms in total. The van der Waals surface area contributed by atoms with Gasteiger partial charge in [-0.15, -0.1) is 0 Å². The van der Waals surface area contributed by atoms with Crippen LogP contribution in [0.1, 0.15) is 6.42 Å². The second-order valence-electron chi connectivity index (χ2n) is 3.90. The van der Waals surface area contributed by atoms with E-state index in [-0.39, 0.29) is 5.91 Å². The predicted octanol–water partition coefficient (Wildman–Crippen LogP) is 0.396. The molecule has 0 aliphatic heterocycles. The predicted molar refractivity (Wildman–Crippen MR) is 73.0 cm³/mol. The molecule has 1 rings (SSSR count). The van der Waals surface area contributed by atoms with Crippen LogP contribution in [-0.4, -0.2) is 37.4 Å². The van der Waals surface area contributed by atoms with Gasteiger partial charge in [-0.05, 0) is 12.1 Å². The molecule has 0 aromatic heterocycles. The van der Waals surface area contributed by atoms with E-state index in [0.717, 1.165) is 5.69 Å². The van der Waals surface area contributed by atoms with Gasteiger partial charge in [-0.2, -0.15) is 0 Å². The van der Waals surface area contributed by atoms with Crippen molar-refractivity contribution in [1.82, 2.24) is 10.3 Å². The highest BCUT2D eigenvalue weighted by molar-refractivity contribution is 5.93. The number of nitrogens with one attached hydrogen (secondary N) is 2. The number of amides is 1. The number of aliphatic imine (C=N–C) groups is 1. The topological polar surface area (TPSA) is 82.8 Å². The standard InChI is InChI=1S/C12H19N5O/c1-17(2)11(18)8-9-14-12(16-13)15-10-6-4-3-5-7-10/h3-7H,8-9,13H2,1-2H3,(H2,14,15,16). The molecule has 0 aliphatic carbocycles. The summed E-state index contributed by atoms with van der Waals surface area (Å²) < 4.78 is 0. The van der Waals surface area contributed by atoms with Gasteiger partial charge in [-0.3, -0.25) is 15.2 Å². The highest BCUT2D eigenvalue weighted by atomic mass is 16.2. The SMILES string of the molecule is CN(C)C(=O)CCN=C(NN)Nc1ccccc1. The first kappa shape index (κ1) is 14.0. The fourth-order valence-electron chi connectivity index (χ4n) is 1.27. The van der Waals surface area contributed by atoms with Crippen LogP contribution in [0.4, 0.5) is 5.69 Å². The summed E-state index contributed by atoms with van der Waals surface area (Å²) in [5, 5.41) is 3.02. The molecular weight excluding hydrogens is 230 g/mol. The molecule has 6 heteroatoms. The monoisotopic (exact) mass is 249 g/mol. The van der Waals surface area contributed by atoms with Crippen LogP contribution in [0.5, 0.6) is 0 Å². The van der Waals surface area contributed by atoms with Crippen LogP contribution in [0.3, 0.4) is 0 Å². The summed E-state index contributed by atoms with van der Waals surface area (Å²) in [6, 6.07) is 9.54.